The van der Waals surface area contributed by atoms with Gasteiger partial charge in [0.1, 0.15) is 0 Å². The Morgan fingerprint density at radius 3 is 2.67 bits per heavy atom. The standard InChI is InChI=1S/C12H17ClN2O2S/c13-12-5-3-4-11(10-12)6-7-14-18(16,17)15-8-1-2-9-15/h3-5,10,14H,1-2,6-9H2. The zero-order valence-corrected chi connectivity index (χ0v) is 11.7. The van der Waals surface area contributed by atoms with E-state index in [4.69, 9.17) is 11.6 Å². The topological polar surface area (TPSA) is 49.4 Å². The molecule has 1 N–H and O–H groups in total. The molecule has 4 nitrogen and oxygen atoms in total. The van der Waals surface area contributed by atoms with Gasteiger partial charge >= 0.3 is 0 Å². The molecule has 1 aliphatic heterocycles. The number of benzene rings is 1. The highest BCUT2D eigenvalue weighted by atomic mass is 35.5. The lowest BCUT2D eigenvalue weighted by Gasteiger charge is -2.15. The summed E-state index contributed by atoms with van der Waals surface area (Å²) in [6.45, 7) is 1.66. The predicted molar refractivity (Wildman–Crippen MR) is 72.9 cm³/mol. The summed E-state index contributed by atoms with van der Waals surface area (Å²) in [5, 5.41) is 0.676. The number of halogens is 1. The van der Waals surface area contributed by atoms with E-state index in [9.17, 15) is 8.42 Å². The summed E-state index contributed by atoms with van der Waals surface area (Å²) in [7, 11) is -3.29. The molecule has 0 saturated carbocycles. The average Bonchev–Trinajstić information content (AvgIpc) is 2.83. The molecule has 6 heteroatoms. The lowest BCUT2D eigenvalue weighted by atomic mass is 10.2. The number of nitrogens with zero attached hydrogens (tertiary/aromatic N) is 1. The van der Waals surface area contributed by atoms with Crippen molar-refractivity contribution in [2.45, 2.75) is 19.3 Å². The molecule has 0 atom stereocenters. The molecule has 0 unspecified atom stereocenters. The van der Waals surface area contributed by atoms with Crippen LogP contribution in [0.5, 0.6) is 0 Å². The van der Waals surface area contributed by atoms with Gasteiger partial charge in [0, 0.05) is 24.7 Å². The highest BCUT2D eigenvalue weighted by Crippen LogP contribution is 2.12. The van der Waals surface area contributed by atoms with Gasteiger partial charge in [0.15, 0.2) is 0 Å². The summed E-state index contributed by atoms with van der Waals surface area (Å²) in [5.74, 6) is 0. The van der Waals surface area contributed by atoms with E-state index in [1.807, 2.05) is 18.2 Å². The number of hydrogen-bond acceptors (Lipinski definition) is 2. The van der Waals surface area contributed by atoms with E-state index >= 15 is 0 Å². The number of hydrogen-bond donors (Lipinski definition) is 1. The molecule has 0 aliphatic carbocycles. The summed E-state index contributed by atoms with van der Waals surface area (Å²) in [6.07, 6.45) is 2.55. The van der Waals surface area contributed by atoms with Gasteiger partial charge in [-0.15, -0.1) is 0 Å². The van der Waals surface area contributed by atoms with Gasteiger partial charge in [-0.3, -0.25) is 0 Å². The lowest BCUT2D eigenvalue weighted by molar-refractivity contribution is 0.465. The molecule has 2 rings (SSSR count). The van der Waals surface area contributed by atoms with E-state index in [0.717, 1.165) is 18.4 Å². The molecule has 1 aromatic rings. The van der Waals surface area contributed by atoms with Gasteiger partial charge in [-0.2, -0.15) is 12.7 Å². The van der Waals surface area contributed by atoms with Crippen LogP contribution in [-0.2, 0) is 16.6 Å². The Labute approximate surface area is 113 Å². The quantitative estimate of drug-likeness (QED) is 0.898. The first-order chi connectivity index (χ1) is 8.58. The zero-order chi connectivity index (χ0) is 13.0. The highest BCUT2D eigenvalue weighted by Gasteiger charge is 2.24. The molecule has 0 radical (unpaired) electrons. The lowest BCUT2D eigenvalue weighted by Crippen LogP contribution is -2.39. The first-order valence-corrected chi connectivity index (χ1v) is 7.89. The zero-order valence-electron chi connectivity index (χ0n) is 10.1. The monoisotopic (exact) mass is 288 g/mol. The molecule has 100 valence electrons. The van der Waals surface area contributed by atoms with E-state index in [2.05, 4.69) is 4.72 Å². The van der Waals surface area contributed by atoms with Crippen LogP contribution in [0.15, 0.2) is 24.3 Å². The van der Waals surface area contributed by atoms with E-state index in [0.29, 0.717) is 31.1 Å². The van der Waals surface area contributed by atoms with Crippen molar-refractivity contribution in [1.82, 2.24) is 9.03 Å². The molecular formula is C12H17ClN2O2S. The van der Waals surface area contributed by atoms with E-state index in [-0.39, 0.29) is 0 Å². The van der Waals surface area contributed by atoms with Crippen molar-refractivity contribution in [3.63, 3.8) is 0 Å². The summed E-state index contributed by atoms with van der Waals surface area (Å²) in [4.78, 5) is 0. The molecule has 0 aromatic heterocycles. The van der Waals surface area contributed by atoms with Crippen molar-refractivity contribution in [1.29, 1.82) is 0 Å². The highest BCUT2D eigenvalue weighted by molar-refractivity contribution is 7.87. The smallest absolute Gasteiger partial charge is 0.202 e. The van der Waals surface area contributed by atoms with Crippen LogP contribution in [0, 0.1) is 0 Å². The Morgan fingerprint density at radius 1 is 1.28 bits per heavy atom. The number of rotatable bonds is 5. The van der Waals surface area contributed by atoms with Crippen LogP contribution in [0.4, 0.5) is 0 Å². The maximum Gasteiger partial charge on any atom is 0.279 e. The maximum atomic E-state index is 11.9. The van der Waals surface area contributed by atoms with Crippen molar-refractivity contribution in [3.8, 4) is 0 Å². The van der Waals surface area contributed by atoms with Crippen LogP contribution in [0.2, 0.25) is 5.02 Å². The second-order valence-electron chi connectivity index (χ2n) is 4.39. The summed E-state index contributed by atoms with van der Waals surface area (Å²) < 4.78 is 27.9. The van der Waals surface area contributed by atoms with E-state index in [1.165, 1.54) is 4.31 Å². The fraction of sp³-hybridized carbons (Fsp3) is 0.500. The van der Waals surface area contributed by atoms with Crippen molar-refractivity contribution in [2.75, 3.05) is 19.6 Å². The SMILES string of the molecule is O=S(=O)(NCCc1cccc(Cl)c1)N1CCCC1. The van der Waals surface area contributed by atoms with Crippen LogP contribution >= 0.6 is 11.6 Å². The molecule has 1 fully saturated rings. The van der Waals surface area contributed by atoms with Crippen molar-refractivity contribution in [2.24, 2.45) is 0 Å². The van der Waals surface area contributed by atoms with Crippen LogP contribution in [0.25, 0.3) is 0 Å². The van der Waals surface area contributed by atoms with Crippen LogP contribution < -0.4 is 4.72 Å². The van der Waals surface area contributed by atoms with Crippen molar-refractivity contribution in [3.05, 3.63) is 34.9 Å². The minimum absolute atomic E-state index is 0.402. The Hall–Kier alpha value is -0.620. The summed E-state index contributed by atoms with van der Waals surface area (Å²) in [6, 6.07) is 7.47. The second kappa shape index (κ2) is 6.02. The van der Waals surface area contributed by atoms with Crippen molar-refractivity contribution < 1.29 is 8.42 Å². The Morgan fingerprint density at radius 2 is 2.00 bits per heavy atom. The molecule has 0 spiro atoms. The van der Waals surface area contributed by atoms with Gasteiger partial charge < -0.3 is 0 Å². The average molecular weight is 289 g/mol. The molecular weight excluding hydrogens is 272 g/mol. The fourth-order valence-corrected chi connectivity index (χ4v) is 3.53. The Balaban J connectivity index is 1.84. The van der Waals surface area contributed by atoms with Crippen molar-refractivity contribution >= 4 is 21.8 Å². The molecule has 1 heterocycles. The molecule has 0 bridgehead atoms. The summed E-state index contributed by atoms with van der Waals surface area (Å²) in [5.41, 5.74) is 1.03. The second-order valence-corrected chi connectivity index (χ2v) is 6.58. The Bertz CT molecular complexity index is 499. The molecule has 1 aliphatic rings. The van der Waals surface area contributed by atoms with Gasteiger partial charge in [-0.25, -0.2) is 4.72 Å². The molecule has 1 saturated heterocycles. The Kier molecular flexibility index (Phi) is 4.61. The third kappa shape index (κ3) is 3.68. The van der Waals surface area contributed by atoms with E-state index in [1.54, 1.807) is 6.07 Å². The predicted octanol–water partition coefficient (Wildman–Crippen LogP) is 1.81. The van der Waals surface area contributed by atoms with Crippen LogP contribution in [0.3, 0.4) is 0 Å². The third-order valence-electron chi connectivity index (χ3n) is 2.99. The molecule has 0 amide bonds. The molecule has 1 aromatic carbocycles. The minimum atomic E-state index is -3.29. The summed E-state index contributed by atoms with van der Waals surface area (Å²) >= 11 is 5.87. The normalized spacial score (nSPS) is 17.2. The van der Waals surface area contributed by atoms with Gasteiger partial charge in [-0.05, 0) is 37.0 Å². The number of nitrogens with one attached hydrogen (secondary N) is 1. The minimum Gasteiger partial charge on any atom is -0.202 e. The van der Waals surface area contributed by atoms with Gasteiger partial charge in [0.2, 0.25) is 0 Å². The maximum absolute atomic E-state index is 11.9. The van der Waals surface area contributed by atoms with E-state index < -0.39 is 10.2 Å². The first kappa shape index (κ1) is 13.8. The first-order valence-electron chi connectivity index (χ1n) is 6.07. The van der Waals surface area contributed by atoms with Crippen LogP contribution in [-0.4, -0.2) is 32.4 Å². The largest absolute Gasteiger partial charge is 0.279 e. The van der Waals surface area contributed by atoms with Gasteiger partial charge in [-0.1, -0.05) is 23.7 Å². The third-order valence-corrected chi connectivity index (χ3v) is 4.84. The van der Waals surface area contributed by atoms with Gasteiger partial charge in [0.05, 0.1) is 0 Å². The molecule has 18 heavy (non-hydrogen) atoms. The van der Waals surface area contributed by atoms with Crippen LogP contribution in [0.1, 0.15) is 18.4 Å². The fourth-order valence-electron chi connectivity index (χ4n) is 2.04. The van der Waals surface area contributed by atoms with Gasteiger partial charge in [0.25, 0.3) is 10.2 Å².